The van der Waals surface area contributed by atoms with Crippen LogP contribution in [0.15, 0.2) is 76.7 Å². The van der Waals surface area contributed by atoms with Crippen molar-refractivity contribution in [1.82, 2.24) is 5.43 Å². The van der Waals surface area contributed by atoms with Crippen LogP contribution in [0.4, 0.5) is 5.69 Å². The molecule has 0 saturated carbocycles. The number of nitrogens with one attached hydrogen (secondary N) is 1. The van der Waals surface area contributed by atoms with Crippen LogP contribution in [0.25, 0.3) is 0 Å². The molecule has 0 unspecified atom stereocenters. The van der Waals surface area contributed by atoms with E-state index >= 15 is 0 Å². The molecule has 0 aliphatic rings. The molecule has 0 bridgehead atoms. The number of hydrogen-bond acceptors (Lipinski definition) is 4. The van der Waals surface area contributed by atoms with Gasteiger partial charge in [0, 0.05) is 5.56 Å². The van der Waals surface area contributed by atoms with Gasteiger partial charge < -0.3 is 0 Å². The fourth-order valence-electron chi connectivity index (χ4n) is 2.64. The highest BCUT2D eigenvalue weighted by atomic mass is 35.5. The summed E-state index contributed by atoms with van der Waals surface area (Å²) in [5, 5.41) is 4.92. The lowest BCUT2D eigenvalue weighted by atomic mass is 10.2. The van der Waals surface area contributed by atoms with Gasteiger partial charge in [-0.15, -0.1) is 0 Å². The van der Waals surface area contributed by atoms with Gasteiger partial charge in [-0.1, -0.05) is 70.7 Å². The van der Waals surface area contributed by atoms with Gasteiger partial charge in [0.05, 0.1) is 36.9 Å². The van der Waals surface area contributed by atoms with Crippen molar-refractivity contribution in [3.8, 4) is 0 Å². The third-order valence-electron chi connectivity index (χ3n) is 4.19. The maximum Gasteiger partial charge on any atom is 0.264 e. The minimum absolute atomic E-state index is 0.00484. The van der Waals surface area contributed by atoms with Crippen LogP contribution in [0.5, 0.6) is 0 Å². The SMILES string of the molecule is O=C(CN(c1ccc(Cl)c(Cl)c1)S(=O)(=O)c1ccccc1)N/N=C\c1c(Cl)cccc1Cl. The van der Waals surface area contributed by atoms with Crippen molar-refractivity contribution in [3.63, 3.8) is 0 Å². The number of amides is 1. The fraction of sp³-hybridized carbons (Fsp3) is 0.0476. The molecule has 0 aliphatic carbocycles. The topological polar surface area (TPSA) is 78.8 Å². The Labute approximate surface area is 205 Å². The molecule has 11 heteroatoms. The quantitative estimate of drug-likeness (QED) is 0.317. The second kappa shape index (κ2) is 10.6. The van der Waals surface area contributed by atoms with E-state index in [1.54, 1.807) is 36.4 Å². The smallest absolute Gasteiger partial charge is 0.264 e. The van der Waals surface area contributed by atoms with E-state index in [9.17, 15) is 13.2 Å². The second-order valence-electron chi connectivity index (χ2n) is 6.35. The predicted molar refractivity (Wildman–Crippen MR) is 130 cm³/mol. The van der Waals surface area contributed by atoms with E-state index in [4.69, 9.17) is 46.4 Å². The van der Waals surface area contributed by atoms with Gasteiger partial charge in [-0.3, -0.25) is 9.10 Å². The van der Waals surface area contributed by atoms with E-state index in [1.807, 2.05) is 0 Å². The van der Waals surface area contributed by atoms with Gasteiger partial charge in [-0.25, -0.2) is 13.8 Å². The maximum absolute atomic E-state index is 13.2. The van der Waals surface area contributed by atoms with Crippen molar-refractivity contribution in [2.75, 3.05) is 10.8 Å². The molecule has 166 valence electrons. The molecular formula is C21H15Cl4N3O3S. The molecule has 0 spiro atoms. The van der Waals surface area contributed by atoms with E-state index in [-0.39, 0.29) is 20.6 Å². The van der Waals surface area contributed by atoms with E-state index in [0.29, 0.717) is 15.6 Å². The van der Waals surface area contributed by atoms with E-state index in [0.717, 1.165) is 4.31 Å². The molecule has 0 heterocycles. The van der Waals surface area contributed by atoms with Gasteiger partial charge in [-0.2, -0.15) is 5.10 Å². The van der Waals surface area contributed by atoms with Crippen molar-refractivity contribution >= 4 is 74.2 Å². The number of hydrogen-bond donors (Lipinski definition) is 1. The summed E-state index contributed by atoms with van der Waals surface area (Å²) >= 11 is 24.2. The number of rotatable bonds is 7. The zero-order valence-electron chi connectivity index (χ0n) is 16.2. The highest BCUT2D eigenvalue weighted by Crippen LogP contribution is 2.30. The van der Waals surface area contributed by atoms with Gasteiger partial charge in [0.15, 0.2) is 0 Å². The minimum Gasteiger partial charge on any atom is -0.271 e. The Hall–Kier alpha value is -2.29. The molecule has 6 nitrogen and oxygen atoms in total. The molecule has 3 aromatic rings. The Balaban J connectivity index is 1.88. The van der Waals surface area contributed by atoms with Crippen LogP contribution in [-0.4, -0.2) is 27.1 Å². The Kier molecular flexibility index (Phi) is 8.03. The van der Waals surface area contributed by atoms with Crippen LogP contribution in [0.2, 0.25) is 20.1 Å². The lowest BCUT2D eigenvalue weighted by Gasteiger charge is -2.24. The monoisotopic (exact) mass is 529 g/mol. The van der Waals surface area contributed by atoms with Crippen LogP contribution in [-0.2, 0) is 14.8 Å². The number of hydrazone groups is 1. The third-order valence-corrected chi connectivity index (χ3v) is 7.38. The molecular weight excluding hydrogens is 516 g/mol. The molecule has 0 atom stereocenters. The molecule has 3 rings (SSSR count). The van der Waals surface area contributed by atoms with Crippen LogP contribution in [0.3, 0.4) is 0 Å². The Morgan fingerprint density at radius 1 is 0.875 bits per heavy atom. The summed E-state index contributed by atoms with van der Waals surface area (Å²) in [5.41, 5.74) is 2.86. The van der Waals surface area contributed by atoms with Crippen LogP contribution in [0.1, 0.15) is 5.56 Å². The average Bonchev–Trinajstić information content (AvgIpc) is 2.76. The summed E-state index contributed by atoms with van der Waals surface area (Å²) in [6.45, 7) is -0.567. The van der Waals surface area contributed by atoms with Crippen molar-refractivity contribution in [2.45, 2.75) is 4.90 Å². The zero-order valence-corrected chi connectivity index (χ0v) is 20.0. The van der Waals surface area contributed by atoms with Crippen molar-refractivity contribution < 1.29 is 13.2 Å². The number of benzene rings is 3. The third kappa shape index (κ3) is 5.74. The van der Waals surface area contributed by atoms with Gasteiger partial charge in [-0.05, 0) is 42.5 Å². The van der Waals surface area contributed by atoms with Crippen molar-refractivity contribution in [2.24, 2.45) is 5.10 Å². The van der Waals surface area contributed by atoms with Gasteiger partial charge >= 0.3 is 0 Å². The van der Waals surface area contributed by atoms with E-state index in [1.165, 1.54) is 36.5 Å². The van der Waals surface area contributed by atoms with Gasteiger partial charge in [0.1, 0.15) is 6.54 Å². The molecule has 3 aromatic carbocycles. The van der Waals surface area contributed by atoms with E-state index < -0.39 is 22.5 Å². The molecule has 0 radical (unpaired) electrons. The highest BCUT2D eigenvalue weighted by molar-refractivity contribution is 7.92. The number of carbonyl (C=O) groups excluding carboxylic acids is 1. The molecule has 32 heavy (non-hydrogen) atoms. The summed E-state index contributed by atoms with van der Waals surface area (Å²) in [6.07, 6.45) is 1.28. The number of carbonyl (C=O) groups is 1. The van der Waals surface area contributed by atoms with Gasteiger partial charge in [0.25, 0.3) is 15.9 Å². The first kappa shape index (κ1) is 24.4. The molecule has 1 amide bonds. The Bertz CT molecular complexity index is 1250. The van der Waals surface area contributed by atoms with Crippen LogP contribution >= 0.6 is 46.4 Å². The number of sulfonamides is 1. The summed E-state index contributed by atoms with van der Waals surface area (Å²) in [5.74, 6) is -0.699. The molecule has 0 fully saturated rings. The van der Waals surface area contributed by atoms with Crippen LogP contribution in [0, 0.1) is 0 Å². The molecule has 0 saturated heterocycles. The van der Waals surface area contributed by atoms with Crippen molar-refractivity contribution in [1.29, 1.82) is 0 Å². The summed E-state index contributed by atoms with van der Waals surface area (Å²) < 4.78 is 27.4. The first-order valence-corrected chi connectivity index (χ1v) is 11.9. The largest absolute Gasteiger partial charge is 0.271 e. The summed E-state index contributed by atoms with van der Waals surface area (Å²) in [6, 6.07) is 16.9. The zero-order chi connectivity index (χ0) is 23.3. The number of halogens is 4. The Morgan fingerprint density at radius 3 is 2.16 bits per heavy atom. The average molecular weight is 531 g/mol. The first-order chi connectivity index (χ1) is 15.2. The number of anilines is 1. The summed E-state index contributed by atoms with van der Waals surface area (Å²) in [4.78, 5) is 12.6. The first-order valence-electron chi connectivity index (χ1n) is 8.99. The van der Waals surface area contributed by atoms with Crippen LogP contribution < -0.4 is 9.73 Å². The van der Waals surface area contributed by atoms with E-state index in [2.05, 4.69) is 10.5 Å². The lowest BCUT2D eigenvalue weighted by Crippen LogP contribution is -2.39. The predicted octanol–water partition coefficient (Wildman–Crippen LogP) is 5.65. The fourth-order valence-corrected chi connectivity index (χ4v) is 4.86. The Morgan fingerprint density at radius 2 is 1.53 bits per heavy atom. The normalized spacial score (nSPS) is 11.5. The molecule has 1 N–H and O–H groups in total. The second-order valence-corrected chi connectivity index (χ2v) is 9.84. The standard InChI is InChI=1S/C21H15Cl4N3O3S/c22-17-7-4-8-18(23)16(17)12-26-27-21(29)13-28(14-9-10-19(24)20(25)11-14)32(30,31)15-5-2-1-3-6-15/h1-12H,13H2,(H,27,29)/b26-12-. The van der Waals surface area contributed by atoms with Crippen molar-refractivity contribution in [3.05, 3.63) is 92.4 Å². The maximum atomic E-state index is 13.2. The molecule has 0 aliphatic heterocycles. The van der Waals surface area contributed by atoms with Gasteiger partial charge in [0.2, 0.25) is 0 Å². The highest BCUT2D eigenvalue weighted by Gasteiger charge is 2.27. The lowest BCUT2D eigenvalue weighted by molar-refractivity contribution is -0.119. The summed E-state index contributed by atoms with van der Waals surface area (Å²) in [7, 11) is -4.09. The minimum atomic E-state index is -4.09. The number of nitrogens with zero attached hydrogens (tertiary/aromatic N) is 2. The molecule has 0 aromatic heterocycles.